The van der Waals surface area contributed by atoms with Crippen molar-refractivity contribution in [1.29, 1.82) is 0 Å². The lowest BCUT2D eigenvalue weighted by Gasteiger charge is -2.24. The van der Waals surface area contributed by atoms with Gasteiger partial charge in [-0.05, 0) is 40.3 Å². The molecule has 0 aliphatic carbocycles. The van der Waals surface area contributed by atoms with Gasteiger partial charge in [0.1, 0.15) is 0 Å². The Morgan fingerprint density at radius 3 is 2.06 bits per heavy atom. The van der Waals surface area contributed by atoms with Crippen molar-refractivity contribution in [3.8, 4) is 0 Å². The summed E-state index contributed by atoms with van der Waals surface area (Å²) in [7, 11) is 0. The predicted molar refractivity (Wildman–Crippen MR) is 76.4 cm³/mol. The van der Waals surface area contributed by atoms with Gasteiger partial charge in [-0.2, -0.15) is 0 Å². The van der Waals surface area contributed by atoms with Gasteiger partial charge in [-0.3, -0.25) is 0 Å². The first kappa shape index (κ1) is 13.7. The number of nitrogens with one attached hydrogen (secondary N) is 1. The van der Waals surface area contributed by atoms with Crippen LogP contribution in [0.4, 0.5) is 5.95 Å². The molecule has 0 fully saturated rings. The van der Waals surface area contributed by atoms with Crippen LogP contribution >= 0.6 is 22.6 Å². The normalized spacial score (nSPS) is 11.5. The van der Waals surface area contributed by atoms with Crippen molar-refractivity contribution >= 4 is 28.5 Å². The molecular formula is C12H20IN3. The summed E-state index contributed by atoms with van der Waals surface area (Å²) < 4.78 is 1.06. The van der Waals surface area contributed by atoms with E-state index in [4.69, 9.17) is 0 Å². The van der Waals surface area contributed by atoms with Crippen LogP contribution in [-0.2, 0) is 0 Å². The third kappa shape index (κ3) is 4.23. The topological polar surface area (TPSA) is 37.8 Å². The summed E-state index contributed by atoms with van der Waals surface area (Å²) in [5.74, 6) is 2.74. The summed E-state index contributed by atoms with van der Waals surface area (Å²) in [6.07, 6.45) is 3.66. The Hall–Kier alpha value is -0.390. The number of rotatable bonds is 5. The fourth-order valence-electron chi connectivity index (χ4n) is 1.85. The summed E-state index contributed by atoms with van der Waals surface area (Å²) >= 11 is 2.21. The van der Waals surface area contributed by atoms with Crippen LogP contribution in [0.5, 0.6) is 0 Å². The molecule has 90 valence electrons. The number of hydrogen-bond acceptors (Lipinski definition) is 3. The quantitative estimate of drug-likeness (QED) is 0.839. The van der Waals surface area contributed by atoms with Gasteiger partial charge in [0.15, 0.2) is 0 Å². The maximum absolute atomic E-state index is 4.24. The van der Waals surface area contributed by atoms with Crippen molar-refractivity contribution in [1.82, 2.24) is 9.97 Å². The van der Waals surface area contributed by atoms with E-state index >= 15 is 0 Å². The lowest BCUT2D eigenvalue weighted by atomic mass is 9.85. The van der Waals surface area contributed by atoms with Crippen LogP contribution in [0.3, 0.4) is 0 Å². The van der Waals surface area contributed by atoms with Gasteiger partial charge >= 0.3 is 0 Å². The molecule has 1 rings (SSSR count). The fraction of sp³-hybridized carbons (Fsp3) is 0.667. The molecule has 1 N–H and O–H groups in total. The standard InChI is InChI=1S/C12H20IN3/c1-8(2)11(9(3)4)7-16-12-14-5-10(13)6-15-12/h5-6,8-9,11H,7H2,1-4H3,(H,14,15,16). The zero-order valence-corrected chi connectivity index (χ0v) is 12.5. The van der Waals surface area contributed by atoms with Crippen LogP contribution in [0.25, 0.3) is 0 Å². The molecule has 0 aliphatic heterocycles. The van der Waals surface area contributed by atoms with E-state index in [1.165, 1.54) is 0 Å². The molecule has 0 saturated heterocycles. The highest BCUT2D eigenvalue weighted by atomic mass is 127. The van der Waals surface area contributed by atoms with Crippen LogP contribution in [0.2, 0.25) is 0 Å². The average Bonchev–Trinajstić information content (AvgIpc) is 2.20. The second kappa shape index (κ2) is 6.37. The molecule has 0 aromatic carbocycles. The SMILES string of the molecule is CC(C)C(CNc1ncc(I)cn1)C(C)C. The predicted octanol–water partition coefficient (Wildman–Crippen LogP) is 3.42. The van der Waals surface area contributed by atoms with E-state index in [0.29, 0.717) is 17.8 Å². The van der Waals surface area contributed by atoms with E-state index in [2.05, 4.69) is 65.6 Å². The minimum Gasteiger partial charge on any atom is -0.354 e. The van der Waals surface area contributed by atoms with E-state index in [9.17, 15) is 0 Å². The number of hydrogen-bond donors (Lipinski definition) is 1. The highest BCUT2D eigenvalue weighted by molar-refractivity contribution is 14.1. The minimum atomic E-state index is 0.655. The Morgan fingerprint density at radius 2 is 1.62 bits per heavy atom. The van der Waals surface area contributed by atoms with Gasteiger partial charge in [-0.1, -0.05) is 27.7 Å². The van der Waals surface area contributed by atoms with Crippen molar-refractivity contribution < 1.29 is 0 Å². The molecule has 0 unspecified atom stereocenters. The van der Waals surface area contributed by atoms with E-state index < -0.39 is 0 Å². The van der Waals surface area contributed by atoms with Crippen LogP contribution in [0.1, 0.15) is 27.7 Å². The highest BCUT2D eigenvalue weighted by Crippen LogP contribution is 2.20. The van der Waals surface area contributed by atoms with Gasteiger partial charge in [0.25, 0.3) is 0 Å². The Labute approximate surface area is 112 Å². The zero-order chi connectivity index (χ0) is 12.1. The Balaban J connectivity index is 2.52. The van der Waals surface area contributed by atoms with E-state index in [1.807, 2.05) is 12.4 Å². The van der Waals surface area contributed by atoms with E-state index in [0.717, 1.165) is 16.1 Å². The summed E-state index contributed by atoms with van der Waals surface area (Å²) in [6.45, 7) is 10.0. The second-order valence-corrected chi connectivity index (χ2v) is 6.00. The molecule has 0 spiro atoms. The van der Waals surface area contributed by atoms with Crippen LogP contribution in [0.15, 0.2) is 12.4 Å². The Bertz CT molecular complexity index is 301. The first-order chi connectivity index (χ1) is 7.50. The van der Waals surface area contributed by atoms with Crippen LogP contribution < -0.4 is 5.32 Å². The maximum atomic E-state index is 4.24. The monoisotopic (exact) mass is 333 g/mol. The van der Waals surface area contributed by atoms with Gasteiger partial charge in [-0.25, -0.2) is 9.97 Å². The molecular weight excluding hydrogens is 313 g/mol. The third-order valence-electron chi connectivity index (χ3n) is 2.83. The van der Waals surface area contributed by atoms with Crippen molar-refractivity contribution in [2.45, 2.75) is 27.7 Å². The number of aromatic nitrogens is 2. The summed E-state index contributed by atoms with van der Waals surface area (Å²) in [5, 5.41) is 3.31. The minimum absolute atomic E-state index is 0.655. The van der Waals surface area contributed by atoms with E-state index in [1.54, 1.807) is 0 Å². The van der Waals surface area contributed by atoms with Crippen LogP contribution in [0, 0.1) is 21.3 Å². The smallest absolute Gasteiger partial charge is 0.222 e. The van der Waals surface area contributed by atoms with E-state index in [-0.39, 0.29) is 0 Å². The van der Waals surface area contributed by atoms with Gasteiger partial charge in [0.05, 0.1) is 0 Å². The summed E-state index contributed by atoms with van der Waals surface area (Å²) in [6, 6.07) is 0. The molecule has 1 aromatic rings. The summed E-state index contributed by atoms with van der Waals surface area (Å²) in [5.41, 5.74) is 0. The summed E-state index contributed by atoms with van der Waals surface area (Å²) in [4.78, 5) is 8.48. The molecule has 0 aliphatic rings. The van der Waals surface area contributed by atoms with Crippen molar-refractivity contribution in [3.63, 3.8) is 0 Å². The average molecular weight is 333 g/mol. The molecule has 0 saturated carbocycles. The number of anilines is 1. The Morgan fingerprint density at radius 1 is 1.12 bits per heavy atom. The third-order valence-corrected chi connectivity index (χ3v) is 3.39. The maximum Gasteiger partial charge on any atom is 0.222 e. The second-order valence-electron chi connectivity index (χ2n) is 4.76. The molecule has 1 aromatic heterocycles. The molecule has 4 heteroatoms. The highest BCUT2D eigenvalue weighted by Gasteiger charge is 2.17. The molecule has 0 radical (unpaired) electrons. The van der Waals surface area contributed by atoms with Gasteiger partial charge in [-0.15, -0.1) is 0 Å². The molecule has 0 atom stereocenters. The molecule has 0 amide bonds. The largest absolute Gasteiger partial charge is 0.354 e. The first-order valence-corrected chi connectivity index (χ1v) is 6.80. The van der Waals surface area contributed by atoms with Crippen molar-refractivity contribution in [2.75, 3.05) is 11.9 Å². The molecule has 16 heavy (non-hydrogen) atoms. The molecule has 3 nitrogen and oxygen atoms in total. The van der Waals surface area contributed by atoms with Crippen molar-refractivity contribution in [2.24, 2.45) is 17.8 Å². The van der Waals surface area contributed by atoms with Gasteiger partial charge < -0.3 is 5.32 Å². The zero-order valence-electron chi connectivity index (χ0n) is 10.4. The van der Waals surface area contributed by atoms with Crippen LogP contribution in [-0.4, -0.2) is 16.5 Å². The fourth-order valence-corrected chi connectivity index (χ4v) is 2.13. The number of halogens is 1. The lowest BCUT2D eigenvalue weighted by molar-refractivity contribution is 0.304. The Kier molecular flexibility index (Phi) is 5.44. The first-order valence-electron chi connectivity index (χ1n) is 5.72. The van der Waals surface area contributed by atoms with Gasteiger partial charge in [0, 0.05) is 22.5 Å². The number of nitrogens with zero attached hydrogens (tertiary/aromatic N) is 2. The molecule has 1 heterocycles. The van der Waals surface area contributed by atoms with Crippen molar-refractivity contribution in [3.05, 3.63) is 16.0 Å². The van der Waals surface area contributed by atoms with Gasteiger partial charge in [0.2, 0.25) is 5.95 Å². The lowest BCUT2D eigenvalue weighted by Crippen LogP contribution is -2.25. The molecule has 0 bridgehead atoms.